The summed E-state index contributed by atoms with van der Waals surface area (Å²) in [6.45, 7) is 0.262. The molecule has 31 heavy (non-hydrogen) atoms. The first kappa shape index (κ1) is 20.6. The quantitative estimate of drug-likeness (QED) is 0.359. The summed E-state index contributed by atoms with van der Waals surface area (Å²) in [6.07, 6.45) is 3.19. The Balaban J connectivity index is 1.86. The fourth-order valence-electron chi connectivity index (χ4n) is 3.64. The Morgan fingerprint density at radius 3 is 2.48 bits per heavy atom. The number of aliphatic hydroxyl groups is 1. The highest BCUT2D eigenvalue weighted by atomic mass is 32.1. The maximum absolute atomic E-state index is 13.0. The van der Waals surface area contributed by atoms with E-state index in [1.807, 2.05) is 17.5 Å². The van der Waals surface area contributed by atoms with Gasteiger partial charge in [0.15, 0.2) is 11.5 Å². The second kappa shape index (κ2) is 8.61. The molecule has 1 saturated heterocycles. The van der Waals surface area contributed by atoms with E-state index in [2.05, 4.69) is 4.98 Å². The maximum atomic E-state index is 13.0. The highest BCUT2D eigenvalue weighted by Crippen LogP contribution is 2.41. The summed E-state index contributed by atoms with van der Waals surface area (Å²) in [4.78, 5) is 32.5. The van der Waals surface area contributed by atoms with Gasteiger partial charge in [-0.3, -0.25) is 14.6 Å². The highest BCUT2D eigenvalue weighted by Gasteiger charge is 2.46. The van der Waals surface area contributed by atoms with Crippen molar-refractivity contribution in [1.29, 1.82) is 0 Å². The number of nitrogens with zero attached hydrogens (tertiary/aromatic N) is 2. The molecule has 1 fully saturated rings. The minimum absolute atomic E-state index is 0.0278. The van der Waals surface area contributed by atoms with Crippen molar-refractivity contribution in [2.24, 2.45) is 0 Å². The number of rotatable bonds is 6. The zero-order valence-corrected chi connectivity index (χ0v) is 17.8. The summed E-state index contributed by atoms with van der Waals surface area (Å²) >= 11 is 1.50. The lowest BCUT2D eigenvalue weighted by Gasteiger charge is -2.24. The van der Waals surface area contributed by atoms with Crippen LogP contribution in [0.2, 0.25) is 0 Å². The van der Waals surface area contributed by atoms with E-state index in [0.717, 1.165) is 4.88 Å². The number of ketones is 1. The summed E-state index contributed by atoms with van der Waals surface area (Å²) in [5.41, 5.74) is 1.07. The molecule has 8 heteroatoms. The molecule has 3 heterocycles. The lowest BCUT2D eigenvalue weighted by atomic mass is 9.96. The molecule has 0 bridgehead atoms. The van der Waals surface area contributed by atoms with Crippen molar-refractivity contribution < 1.29 is 24.2 Å². The smallest absolute Gasteiger partial charge is 0.295 e. The number of carbonyl (C=O) groups is 2. The Hall–Kier alpha value is -3.65. The monoisotopic (exact) mass is 436 g/mol. The SMILES string of the molecule is COc1ccc(/C(O)=C2/C(=O)C(=O)N(Cc3cccs3)C2c2ccncc2)cc1OC. The van der Waals surface area contributed by atoms with Crippen LogP contribution in [0.3, 0.4) is 0 Å². The van der Waals surface area contributed by atoms with E-state index in [9.17, 15) is 14.7 Å². The van der Waals surface area contributed by atoms with Crippen molar-refractivity contribution in [1.82, 2.24) is 9.88 Å². The van der Waals surface area contributed by atoms with Gasteiger partial charge in [0, 0.05) is 22.8 Å². The molecular formula is C23H20N2O5S. The topological polar surface area (TPSA) is 89.0 Å². The third kappa shape index (κ3) is 3.77. The molecule has 158 valence electrons. The minimum Gasteiger partial charge on any atom is -0.507 e. The van der Waals surface area contributed by atoms with Gasteiger partial charge < -0.3 is 19.5 Å². The molecule has 0 aliphatic carbocycles. The van der Waals surface area contributed by atoms with Gasteiger partial charge in [-0.15, -0.1) is 11.3 Å². The molecule has 1 aliphatic rings. The Labute approximate surface area is 183 Å². The molecule has 0 spiro atoms. The fraction of sp³-hybridized carbons (Fsp3) is 0.174. The summed E-state index contributed by atoms with van der Waals surface area (Å²) in [7, 11) is 3.00. The number of aliphatic hydroxyl groups excluding tert-OH is 1. The lowest BCUT2D eigenvalue weighted by molar-refractivity contribution is -0.140. The fourth-order valence-corrected chi connectivity index (χ4v) is 4.35. The van der Waals surface area contributed by atoms with Gasteiger partial charge >= 0.3 is 0 Å². The van der Waals surface area contributed by atoms with Crippen LogP contribution >= 0.6 is 11.3 Å². The second-order valence-electron chi connectivity index (χ2n) is 6.86. The summed E-state index contributed by atoms with van der Waals surface area (Å²) in [5.74, 6) is -0.764. The molecule has 1 aromatic carbocycles. The summed E-state index contributed by atoms with van der Waals surface area (Å²) in [5, 5.41) is 13.1. The van der Waals surface area contributed by atoms with E-state index >= 15 is 0 Å². The Morgan fingerprint density at radius 1 is 1.10 bits per heavy atom. The Kier molecular flexibility index (Phi) is 5.73. The van der Waals surface area contributed by atoms with Crippen LogP contribution in [0.25, 0.3) is 5.76 Å². The van der Waals surface area contributed by atoms with E-state index in [-0.39, 0.29) is 17.9 Å². The largest absolute Gasteiger partial charge is 0.507 e. The normalized spacial score (nSPS) is 17.7. The molecule has 4 rings (SSSR count). The molecule has 1 atom stereocenters. The first-order valence-electron chi connectivity index (χ1n) is 9.48. The molecule has 1 unspecified atom stereocenters. The molecule has 1 N–H and O–H groups in total. The van der Waals surface area contributed by atoms with Crippen LogP contribution in [-0.4, -0.2) is 40.9 Å². The third-order valence-electron chi connectivity index (χ3n) is 5.13. The molecule has 0 radical (unpaired) electrons. The average Bonchev–Trinajstić information content (AvgIpc) is 3.41. The van der Waals surface area contributed by atoms with Gasteiger partial charge in [-0.25, -0.2) is 0 Å². The number of amides is 1. The number of hydrogen-bond donors (Lipinski definition) is 1. The minimum atomic E-state index is -0.738. The maximum Gasteiger partial charge on any atom is 0.295 e. The Morgan fingerprint density at radius 2 is 1.84 bits per heavy atom. The molecule has 1 aliphatic heterocycles. The van der Waals surface area contributed by atoms with Crippen LogP contribution in [-0.2, 0) is 16.1 Å². The van der Waals surface area contributed by atoms with Crippen molar-refractivity contribution in [3.05, 3.63) is 81.8 Å². The number of benzene rings is 1. The number of hydrogen-bond acceptors (Lipinski definition) is 7. The van der Waals surface area contributed by atoms with Crippen LogP contribution in [0.15, 0.2) is 65.8 Å². The lowest BCUT2D eigenvalue weighted by Crippen LogP contribution is -2.28. The first-order valence-corrected chi connectivity index (χ1v) is 10.4. The van der Waals surface area contributed by atoms with Crippen LogP contribution in [0.5, 0.6) is 11.5 Å². The molecular weight excluding hydrogens is 416 g/mol. The number of carbonyl (C=O) groups excluding carboxylic acids is 2. The Bertz CT molecular complexity index is 1140. The van der Waals surface area contributed by atoms with E-state index in [1.54, 1.807) is 42.7 Å². The number of pyridine rings is 1. The first-order chi connectivity index (χ1) is 15.0. The number of methoxy groups -OCH3 is 2. The molecule has 3 aromatic rings. The predicted octanol–water partition coefficient (Wildman–Crippen LogP) is 3.78. The van der Waals surface area contributed by atoms with Gasteiger partial charge in [-0.1, -0.05) is 6.07 Å². The number of Topliss-reactive ketones (excluding diaryl/α,β-unsaturated/α-hetero) is 1. The zero-order valence-electron chi connectivity index (χ0n) is 16.9. The van der Waals surface area contributed by atoms with Crippen molar-refractivity contribution in [3.63, 3.8) is 0 Å². The van der Waals surface area contributed by atoms with Gasteiger partial charge in [-0.2, -0.15) is 0 Å². The van der Waals surface area contributed by atoms with E-state index in [0.29, 0.717) is 22.6 Å². The summed E-state index contributed by atoms with van der Waals surface area (Å²) in [6, 6.07) is 11.4. The van der Waals surface area contributed by atoms with E-state index < -0.39 is 17.7 Å². The third-order valence-corrected chi connectivity index (χ3v) is 5.99. The zero-order chi connectivity index (χ0) is 22.0. The van der Waals surface area contributed by atoms with E-state index in [4.69, 9.17) is 9.47 Å². The summed E-state index contributed by atoms with van der Waals surface area (Å²) < 4.78 is 10.6. The van der Waals surface area contributed by atoms with Crippen molar-refractivity contribution >= 4 is 28.8 Å². The van der Waals surface area contributed by atoms with Crippen molar-refractivity contribution in [2.45, 2.75) is 12.6 Å². The van der Waals surface area contributed by atoms with Gasteiger partial charge in [0.05, 0.1) is 32.4 Å². The van der Waals surface area contributed by atoms with Crippen LogP contribution in [0.4, 0.5) is 0 Å². The van der Waals surface area contributed by atoms with Gasteiger partial charge in [0.25, 0.3) is 11.7 Å². The molecule has 0 saturated carbocycles. The van der Waals surface area contributed by atoms with Crippen LogP contribution < -0.4 is 9.47 Å². The van der Waals surface area contributed by atoms with Crippen LogP contribution in [0, 0.1) is 0 Å². The second-order valence-corrected chi connectivity index (χ2v) is 7.89. The number of likely N-dealkylation sites (tertiary alicyclic amines) is 1. The van der Waals surface area contributed by atoms with E-state index in [1.165, 1.54) is 30.5 Å². The molecule has 1 amide bonds. The number of aromatic nitrogens is 1. The standard InChI is InChI=1S/C23H20N2O5S/c1-29-17-6-5-15(12-18(17)30-2)21(26)19-20(14-7-9-24-10-8-14)25(23(28)22(19)27)13-16-4-3-11-31-16/h3-12,20,26H,13H2,1-2H3/b21-19-. The van der Waals surface area contributed by atoms with Crippen molar-refractivity contribution in [3.8, 4) is 11.5 Å². The molecule has 2 aromatic heterocycles. The number of ether oxygens (including phenoxy) is 2. The highest BCUT2D eigenvalue weighted by molar-refractivity contribution is 7.09. The van der Waals surface area contributed by atoms with Crippen molar-refractivity contribution in [2.75, 3.05) is 14.2 Å². The predicted molar refractivity (Wildman–Crippen MR) is 116 cm³/mol. The number of thiophene rings is 1. The molecule has 7 nitrogen and oxygen atoms in total. The van der Waals surface area contributed by atoms with Gasteiger partial charge in [0.2, 0.25) is 0 Å². The van der Waals surface area contributed by atoms with Gasteiger partial charge in [0.1, 0.15) is 5.76 Å². The van der Waals surface area contributed by atoms with Gasteiger partial charge in [-0.05, 0) is 47.3 Å². The van der Waals surface area contributed by atoms with Crippen LogP contribution in [0.1, 0.15) is 22.0 Å². The average molecular weight is 436 g/mol.